The van der Waals surface area contributed by atoms with Crippen LogP contribution in [0.5, 0.6) is 17.2 Å². The molecule has 0 saturated carbocycles. The normalized spacial score (nSPS) is 14.5. The van der Waals surface area contributed by atoms with Crippen LogP contribution in [0, 0.1) is 20.8 Å². The molecule has 0 amide bonds. The van der Waals surface area contributed by atoms with Gasteiger partial charge in [-0.2, -0.15) is 0 Å². The lowest BCUT2D eigenvalue weighted by atomic mass is 10.2. The largest absolute Gasteiger partial charge is 0.436 e. The summed E-state index contributed by atoms with van der Waals surface area (Å²) < 4.78 is 40.3. The van der Waals surface area contributed by atoms with Crippen LogP contribution >= 0.6 is 24.7 Å². The molecule has 0 aliphatic heterocycles. The summed E-state index contributed by atoms with van der Waals surface area (Å²) in [7, 11) is -2.10. The van der Waals surface area contributed by atoms with Gasteiger partial charge in [0.25, 0.3) is 0 Å². The summed E-state index contributed by atoms with van der Waals surface area (Å²) in [5.74, 6) is 1.87. The summed E-state index contributed by atoms with van der Waals surface area (Å²) >= 11 is 0. The van der Waals surface area contributed by atoms with Gasteiger partial charge in [0.1, 0.15) is 17.2 Å². The third kappa shape index (κ3) is 8.56. The highest BCUT2D eigenvalue weighted by Crippen LogP contribution is 2.61. The van der Waals surface area contributed by atoms with Gasteiger partial charge >= 0.3 is 24.7 Å². The minimum atomic E-state index is -3.23. The van der Waals surface area contributed by atoms with Crippen molar-refractivity contribution >= 4 is 24.7 Å². The third-order valence-corrected chi connectivity index (χ3v) is 10.1. The van der Waals surface area contributed by atoms with Gasteiger partial charge in [0.15, 0.2) is 0 Å². The van der Waals surface area contributed by atoms with E-state index in [1.165, 1.54) is 14.2 Å². The molecule has 3 aromatic rings. The summed E-state index contributed by atoms with van der Waals surface area (Å²) in [6.45, 7) is 5.96. The molecule has 3 unspecified atom stereocenters. The molecule has 0 aromatic heterocycles. The van der Waals surface area contributed by atoms with Gasteiger partial charge < -0.3 is 27.1 Å². The Labute approximate surface area is 210 Å². The van der Waals surface area contributed by atoms with E-state index in [1.807, 2.05) is 93.6 Å². The molecular weight excluding hydrogens is 505 g/mol. The molecule has 35 heavy (non-hydrogen) atoms. The fourth-order valence-corrected chi connectivity index (χ4v) is 8.10. The van der Waals surface area contributed by atoms with Gasteiger partial charge in [-0.05, 0) is 73.9 Å². The zero-order valence-corrected chi connectivity index (χ0v) is 23.3. The van der Waals surface area contributed by atoms with E-state index in [0.29, 0.717) is 17.2 Å². The van der Waals surface area contributed by atoms with Gasteiger partial charge in [-0.3, -0.25) is 0 Å². The van der Waals surface area contributed by atoms with E-state index in [1.54, 1.807) is 7.11 Å². The monoisotopic (exact) mass is 536 g/mol. The first-order valence-electron chi connectivity index (χ1n) is 10.7. The number of hydrogen-bond acceptors (Lipinski definition) is 7. The standard InChI is InChI=1S/C24H31N2O6P3/c1-19-10-7-13-22(16-19)30-33(27-4)25-35(29-6,32-24-15-9-12-21(3)18-24)26-34(28-5)31-23-14-8-11-20(2)17-23/h7-18,25H,1-6H3. The van der Waals surface area contributed by atoms with Crippen LogP contribution in [0.3, 0.4) is 0 Å². The molecule has 188 valence electrons. The smallest absolute Gasteiger partial charge is 0.377 e. The summed E-state index contributed by atoms with van der Waals surface area (Å²) in [5.41, 5.74) is 3.16. The Morgan fingerprint density at radius 3 is 1.69 bits per heavy atom. The van der Waals surface area contributed by atoms with E-state index in [9.17, 15) is 0 Å². The molecule has 0 bridgehead atoms. The van der Waals surface area contributed by atoms with Crippen LogP contribution < -0.4 is 18.4 Å². The van der Waals surface area contributed by atoms with E-state index in [0.717, 1.165) is 16.7 Å². The average Bonchev–Trinajstić information content (AvgIpc) is 2.83. The van der Waals surface area contributed by atoms with Gasteiger partial charge in [0, 0.05) is 21.3 Å². The Bertz CT molecular complexity index is 1160. The lowest BCUT2D eigenvalue weighted by molar-refractivity contribution is 0.358. The molecule has 0 saturated heterocycles. The second-order valence-electron chi connectivity index (χ2n) is 7.48. The molecule has 0 radical (unpaired) electrons. The van der Waals surface area contributed by atoms with Crippen molar-refractivity contribution < 1.29 is 27.1 Å². The molecule has 11 heteroatoms. The molecule has 0 fully saturated rings. The molecule has 1 N–H and O–H groups in total. The highest BCUT2D eigenvalue weighted by molar-refractivity contribution is 7.70. The molecule has 0 aliphatic carbocycles. The van der Waals surface area contributed by atoms with Gasteiger partial charge in [0.05, 0.1) is 0 Å². The quantitative estimate of drug-likeness (QED) is 0.235. The maximum Gasteiger partial charge on any atom is 0.377 e. The van der Waals surface area contributed by atoms with E-state index in [-0.39, 0.29) is 0 Å². The lowest BCUT2D eigenvalue weighted by Crippen LogP contribution is -2.15. The topological polar surface area (TPSA) is 79.8 Å². The van der Waals surface area contributed by atoms with E-state index >= 15 is 0 Å². The van der Waals surface area contributed by atoms with Gasteiger partial charge in [0.2, 0.25) is 0 Å². The molecular formula is C24H31N2O6P3. The maximum atomic E-state index is 6.34. The molecule has 0 heterocycles. The second-order valence-corrected chi connectivity index (χ2v) is 12.7. The van der Waals surface area contributed by atoms with E-state index in [2.05, 4.69) is 4.86 Å². The first-order valence-corrected chi connectivity index (χ1v) is 14.6. The first kappa shape index (κ1) is 27.6. The molecule has 3 rings (SSSR count). The van der Waals surface area contributed by atoms with Crippen molar-refractivity contribution in [3.8, 4) is 17.2 Å². The Hall–Kier alpha value is -2.01. The van der Waals surface area contributed by atoms with Crippen molar-refractivity contribution in [2.45, 2.75) is 20.8 Å². The number of benzene rings is 3. The lowest BCUT2D eigenvalue weighted by Gasteiger charge is -2.28. The van der Waals surface area contributed by atoms with Crippen molar-refractivity contribution in [1.82, 2.24) is 4.86 Å². The Balaban J connectivity index is 1.96. The van der Waals surface area contributed by atoms with Crippen molar-refractivity contribution in [2.24, 2.45) is 4.52 Å². The van der Waals surface area contributed by atoms with Crippen molar-refractivity contribution in [2.75, 3.05) is 21.3 Å². The molecule has 0 spiro atoms. The van der Waals surface area contributed by atoms with Crippen LogP contribution in [0.2, 0.25) is 0 Å². The third-order valence-electron chi connectivity index (χ3n) is 4.54. The number of nitrogens with zero attached hydrogens (tertiary/aromatic N) is 1. The minimum Gasteiger partial charge on any atom is -0.436 e. The zero-order chi connectivity index (χ0) is 25.3. The molecule has 0 aliphatic rings. The fourth-order valence-electron chi connectivity index (χ4n) is 2.91. The summed E-state index contributed by atoms with van der Waals surface area (Å²) in [5, 5.41) is 0. The molecule has 8 nitrogen and oxygen atoms in total. The van der Waals surface area contributed by atoms with Crippen LogP contribution in [0.15, 0.2) is 77.3 Å². The highest BCUT2D eigenvalue weighted by atomic mass is 31.3. The minimum absolute atomic E-state index is 0.583. The van der Waals surface area contributed by atoms with E-state index in [4.69, 9.17) is 31.7 Å². The molecule has 3 atom stereocenters. The second kappa shape index (κ2) is 13.3. The SMILES string of the molecule is COP(N=P(NP(OC)Oc1cccc(C)c1)(OC)Oc1cccc(C)c1)Oc1cccc(C)c1. The number of hydrogen-bond donors (Lipinski definition) is 1. The van der Waals surface area contributed by atoms with Crippen LogP contribution in [-0.2, 0) is 13.6 Å². The summed E-state index contributed by atoms with van der Waals surface area (Å²) in [6.07, 6.45) is 0. The van der Waals surface area contributed by atoms with Crippen molar-refractivity contribution in [3.63, 3.8) is 0 Å². The maximum absolute atomic E-state index is 6.34. The van der Waals surface area contributed by atoms with Crippen molar-refractivity contribution in [3.05, 3.63) is 89.5 Å². The first-order chi connectivity index (χ1) is 16.8. The van der Waals surface area contributed by atoms with Gasteiger partial charge in [-0.25, -0.2) is 0 Å². The van der Waals surface area contributed by atoms with Crippen LogP contribution in [0.1, 0.15) is 16.7 Å². The Kier molecular flexibility index (Phi) is 10.5. The Morgan fingerprint density at radius 2 is 1.20 bits per heavy atom. The van der Waals surface area contributed by atoms with Gasteiger partial charge in [-0.15, -0.1) is 9.37 Å². The zero-order valence-electron chi connectivity index (χ0n) is 20.7. The van der Waals surface area contributed by atoms with Gasteiger partial charge in [-0.1, -0.05) is 36.4 Å². The summed E-state index contributed by atoms with van der Waals surface area (Å²) in [4.78, 5) is 3.24. The number of aryl methyl sites for hydroxylation is 3. The van der Waals surface area contributed by atoms with Crippen LogP contribution in [0.4, 0.5) is 0 Å². The van der Waals surface area contributed by atoms with Crippen LogP contribution in [-0.4, -0.2) is 21.3 Å². The molecule has 3 aromatic carbocycles. The number of nitrogens with one attached hydrogen (secondary N) is 1. The predicted molar refractivity (Wildman–Crippen MR) is 143 cm³/mol. The highest BCUT2D eigenvalue weighted by Gasteiger charge is 2.33. The number of rotatable bonds is 12. The Morgan fingerprint density at radius 1 is 0.686 bits per heavy atom. The summed E-state index contributed by atoms with van der Waals surface area (Å²) in [6, 6.07) is 23.0. The predicted octanol–water partition coefficient (Wildman–Crippen LogP) is 8.08. The average molecular weight is 536 g/mol. The van der Waals surface area contributed by atoms with Crippen LogP contribution in [0.25, 0.3) is 0 Å². The fraction of sp³-hybridized carbons (Fsp3) is 0.250. The van der Waals surface area contributed by atoms with Crippen molar-refractivity contribution in [1.29, 1.82) is 0 Å². The van der Waals surface area contributed by atoms with E-state index < -0.39 is 24.7 Å².